The van der Waals surface area contributed by atoms with Gasteiger partial charge < -0.3 is 4.74 Å². The number of nitriles is 1. The molecule has 5 heteroatoms. The van der Waals surface area contributed by atoms with Crippen LogP contribution in [0, 0.1) is 23.0 Å². The maximum atomic E-state index is 13.4. The largest absolute Gasteiger partial charge is 0.423 e. The summed E-state index contributed by atoms with van der Waals surface area (Å²) in [6.45, 7) is 1.87. The third kappa shape index (κ3) is 3.36. The van der Waals surface area contributed by atoms with Crippen molar-refractivity contribution in [2.45, 2.75) is 6.92 Å². The van der Waals surface area contributed by atoms with E-state index in [1.54, 1.807) is 24.3 Å². The van der Waals surface area contributed by atoms with Crippen LogP contribution < -0.4 is 4.74 Å². The van der Waals surface area contributed by atoms with Crippen LogP contribution >= 0.6 is 0 Å². The van der Waals surface area contributed by atoms with Crippen LogP contribution in [-0.2, 0) is 0 Å². The number of carbonyl (C=O) groups excluding carboxylic acids is 1. The van der Waals surface area contributed by atoms with Crippen molar-refractivity contribution in [3.63, 3.8) is 0 Å². The molecule has 0 atom stereocenters. The molecule has 0 unspecified atom stereocenters. The third-order valence-electron chi connectivity index (χ3n) is 2.84. The highest BCUT2D eigenvalue weighted by Gasteiger charge is 2.14. The Bertz CT molecular complexity index is 751. The Balaban J connectivity index is 2.20. The summed E-state index contributed by atoms with van der Waals surface area (Å²) < 4.78 is 31.8. The van der Waals surface area contributed by atoms with E-state index in [0.717, 1.165) is 17.7 Å². The van der Waals surface area contributed by atoms with Gasteiger partial charge in [-0.3, -0.25) is 0 Å². The Morgan fingerprint density at radius 1 is 1.18 bits per heavy atom. The fourth-order valence-electron chi connectivity index (χ4n) is 1.80. The van der Waals surface area contributed by atoms with Crippen molar-refractivity contribution in [2.75, 3.05) is 0 Å². The quantitative estimate of drug-likeness (QED) is 0.633. The van der Waals surface area contributed by atoms with Gasteiger partial charge in [0.15, 0.2) is 0 Å². The van der Waals surface area contributed by atoms with Gasteiger partial charge in [0.1, 0.15) is 29.0 Å². The molecule has 2 aromatic rings. The standard InChI is InChI=1S/C17H11F2NO2/c1-2-3-11-4-6-12(7-5-11)17(21)22-13-8-15(18)14(10-20)16(19)9-13/h2-9H,1H3/b3-2+. The second-order valence-electron chi connectivity index (χ2n) is 4.39. The van der Waals surface area contributed by atoms with Crippen LogP contribution in [0.15, 0.2) is 42.5 Å². The van der Waals surface area contributed by atoms with Crippen molar-refractivity contribution in [3.05, 3.63) is 70.8 Å². The van der Waals surface area contributed by atoms with Gasteiger partial charge in [0, 0.05) is 12.1 Å². The zero-order chi connectivity index (χ0) is 16.1. The van der Waals surface area contributed by atoms with Crippen LogP contribution in [0.4, 0.5) is 8.78 Å². The first-order valence-electron chi connectivity index (χ1n) is 6.39. The number of nitrogens with zero attached hydrogens (tertiary/aromatic N) is 1. The van der Waals surface area contributed by atoms with E-state index in [4.69, 9.17) is 10.00 Å². The molecule has 2 aromatic carbocycles. The van der Waals surface area contributed by atoms with Gasteiger partial charge in [0.2, 0.25) is 0 Å². The van der Waals surface area contributed by atoms with Gasteiger partial charge in [-0.15, -0.1) is 0 Å². The van der Waals surface area contributed by atoms with Crippen molar-refractivity contribution in [1.29, 1.82) is 5.26 Å². The minimum absolute atomic E-state index is 0.249. The molecule has 0 bridgehead atoms. The minimum Gasteiger partial charge on any atom is -0.423 e. The molecule has 0 radical (unpaired) electrons. The topological polar surface area (TPSA) is 50.1 Å². The van der Waals surface area contributed by atoms with Gasteiger partial charge in [-0.25, -0.2) is 13.6 Å². The summed E-state index contributed by atoms with van der Waals surface area (Å²) in [5, 5.41) is 8.58. The second kappa shape index (κ2) is 6.64. The van der Waals surface area contributed by atoms with Crippen molar-refractivity contribution >= 4 is 12.0 Å². The Hall–Kier alpha value is -3.00. The Kier molecular flexibility index (Phi) is 4.64. The van der Waals surface area contributed by atoms with Gasteiger partial charge in [-0.1, -0.05) is 24.3 Å². The molecule has 0 heterocycles. The lowest BCUT2D eigenvalue weighted by Gasteiger charge is -2.06. The van der Waals surface area contributed by atoms with Gasteiger partial charge >= 0.3 is 5.97 Å². The summed E-state index contributed by atoms with van der Waals surface area (Å²) in [5.41, 5.74) is 0.448. The summed E-state index contributed by atoms with van der Waals surface area (Å²) in [6, 6.07) is 9.53. The number of halogens is 2. The van der Waals surface area contributed by atoms with Gasteiger partial charge in [0.05, 0.1) is 5.56 Å². The Labute approximate surface area is 126 Å². The average molecular weight is 299 g/mol. The lowest BCUT2D eigenvalue weighted by molar-refractivity contribution is 0.0734. The van der Waals surface area contributed by atoms with Crippen LogP contribution in [0.3, 0.4) is 0 Å². The summed E-state index contributed by atoms with van der Waals surface area (Å²) in [5.74, 6) is -3.19. The maximum absolute atomic E-state index is 13.4. The summed E-state index contributed by atoms with van der Waals surface area (Å²) in [6.07, 6.45) is 3.72. The van der Waals surface area contributed by atoms with E-state index in [1.165, 1.54) is 6.07 Å². The van der Waals surface area contributed by atoms with Crippen molar-refractivity contribution in [2.24, 2.45) is 0 Å². The lowest BCUT2D eigenvalue weighted by Crippen LogP contribution is -2.09. The second-order valence-corrected chi connectivity index (χ2v) is 4.39. The zero-order valence-corrected chi connectivity index (χ0v) is 11.6. The number of rotatable bonds is 3. The van der Waals surface area contributed by atoms with Crippen LogP contribution in [0.2, 0.25) is 0 Å². The highest BCUT2D eigenvalue weighted by atomic mass is 19.1. The number of carbonyl (C=O) groups is 1. The molecule has 0 aliphatic rings. The van der Waals surface area contributed by atoms with Crippen molar-refractivity contribution < 1.29 is 18.3 Å². The average Bonchev–Trinajstić information content (AvgIpc) is 2.48. The fourth-order valence-corrected chi connectivity index (χ4v) is 1.80. The molecule has 0 aliphatic carbocycles. The number of ether oxygens (including phenoxy) is 1. The lowest BCUT2D eigenvalue weighted by atomic mass is 10.1. The molecule has 0 saturated carbocycles. The number of benzene rings is 2. The third-order valence-corrected chi connectivity index (χ3v) is 2.84. The SMILES string of the molecule is C/C=C/c1ccc(C(=O)Oc2cc(F)c(C#N)c(F)c2)cc1. The molecule has 0 aromatic heterocycles. The van der Waals surface area contributed by atoms with Gasteiger partial charge in [-0.05, 0) is 24.6 Å². The Morgan fingerprint density at radius 2 is 1.77 bits per heavy atom. The van der Waals surface area contributed by atoms with E-state index in [9.17, 15) is 13.6 Å². The number of hydrogen-bond acceptors (Lipinski definition) is 3. The number of esters is 1. The Morgan fingerprint density at radius 3 is 2.27 bits per heavy atom. The first-order valence-corrected chi connectivity index (χ1v) is 6.39. The highest BCUT2D eigenvalue weighted by molar-refractivity contribution is 5.91. The van der Waals surface area contributed by atoms with E-state index in [-0.39, 0.29) is 11.3 Å². The fraction of sp³-hybridized carbons (Fsp3) is 0.0588. The first kappa shape index (κ1) is 15.4. The number of allylic oxidation sites excluding steroid dienone is 1. The van der Waals surface area contributed by atoms with Crippen LogP contribution in [0.5, 0.6) is 5.75 Å². The summed E-state index contributed by atoms with van der Waals surface area (Å²) >= 11 is 0. The van der Waals surface area contributed by atoms with Gasteiger partial charge in [-0.2, -0.15) is 5.26 Å². The van der Waals surface area contributed by atoms with E-state index >= 15 is 0 Å². The smallest absolute Gasteiger partial charge is 0.343 e. The molecule has 2 rings (SSSR count). The predicted octanol–water partition coefficient (Wildman–Crippen LogP) is 4.09. The monoisotopic (exact) mass is 299 g/mol. The van der Waals surface area contributed by atoms with E-state index in [1.807, 2.05) is 19.1 Å². The van der Waals surface area contributed by atoms with Crippen LogP contribution in [0.1, 0.15) is 28.4 Å². The molecular weight excluding hydrogens is 288 g/mol. The summed E-state index contributed by atoms with van der Waals surface area (Å²) in [4.78, 5) is 11.9. The first-order chi connectivity index (χ1) is 10.5. The van der Waals surface area contributed by atoms with Crippen molar-refractivity contribution in [3.8, 4) is 11.8 Å². The highest BCUT2D eigenvalue weighted by Crippen LogP contribution is 2.21. The molecule has 22 heavy (non-hydrogen) atoms. The van der Waals surface area contributed by atoms with Gasteiger partial charge in [0.25, 0.3) is 0 Å². The molecule has 0 saturated heterocycles. The molecule has 0 aliphatic heterocycles. The molecule has 0 spiro atoms. The molecule has 110 valence electrons. The van der Waals surface area contributed by atoms with Crippen LogP contribution in [0.25, 0.3) is 6.08 Å². The van der Waals surface area contributed by atoms with E-state index < -0.39 is 23.2 Å². The summed E-state index contributed by atoms with van der Waals surface area (Å²) in [7, 11) is 0. The van der Waals surface area contributed by atoms with E-state index in [0.29, 0.717) is 0 Å². The zero-order valence-electron chi connectivity index (χ0n) is 11.6. The van der Waals surface area contributed by atoms with E-state index in [2.05, 4.69) is 0 Å². The minimum atomic E-state index is -1.08. The molecule has 3 nitrogen and oxygen atoms in total. The number of hydrogen-bond donors (Lipinski definition) is 0. The maximum Gasteiger partial charge on any atom is 0.343 e. The molecule has 0 N–H and O–H groups in total. The predicted molar refractivity (Wildman–Crippen MR) is 77.2 cm³/mol. The van der Waals surface area contributed by atoms with Crippen molar-refractivity contribution in [1.82, 2.24) is 0 Å². The normalized spacial score (nSPS) is 10.5. The van der Waals surface area contributed by atoms with Crippen LogP contribution in [-0.4, -0.2) is 5.97 Å². The molecule has 0 amide bonds. The molecular formula is C17H11F2NO2. The molecule has 0 fully saturated rings.